The van der Waals surface area contributed by atoms with E-state index in [1.54, 1.807) is 21.8 Å². The van der Waals surface area contributed by atoms with Crippen molar-refractivity contribution in [3.63, 3.8) is 0 Å². The van der Waals surface area contributed by atoms with Crippen molar-refractivity contribution in [1.82, 2.24) is 14.3 Å². The molecule has 1 N–H and O–H groups in total. The lowest BCUT2D eigenvalue weighted by molar-refractivity contribution is 0.386. The van der Waals surface area contributed by atoms with Gasteiger partial charge in [0.05, 0.1) is 11.0 Å². The molecule has 0 radical (unpaired) electrons. The molecule has 24 heavy (non-hydrogen) atoms. The molecule has 0 unspecified atom stereocenters. The summed E-state index contributed by atoms with van der Waals surface area (Å²) >= 11 is 1.27. The van der Waals surface area contributed by atoms with Crippen LogP contribution in [0.1, 0.15) is 5.82 Å². The Morgan fingerprint density at radius 3 is 2.67 bits per heavy atom. The minimum Gasteiger partial charge on any atom is -0.369 e. The zero-order valence-corrected chi connectivity index (χ0v) is 14.9. The van der Waals surface area contributed by atoms with Crippen LogP contribution in [0.3, 0.4) is 0 Å². The van der Waals surface area contributed by atoms with Crippen LogP contribution < -0.4 is 4.90 Å². The Bertz CT molecular complexity index is 955. The van der Waals surface area contributed by atoms with Crippen LogP contribution in [0.2, 0.25) is 0 Å². The number of thiophene rings is 1. The van der Waals surface area contributed by atoms with Crippen molar-refractivity contribution in [2.24, 2.45) is 0 Å². The van der Waals surface area contributed by atoms with Gasteiger partial charge in [0, 0.05) is 31.9 Å². The van der Waals surface area contributed by atoms with Gasteiger partial charge < -0.3 is 9.88 Å². The van der Waals surface area contributed by atoms with Gasteiger partial charge in [-0.2, -0.15) is 4.31 Å². The van der Waals surface area contributed by atoms with Gasteiger partial charge in [0.2, 0.25) is 0 Å². The molecule has 3 aromatic rings. The third-order valence-electron chi connectivity index (χ3n) is 4.28. The van der Waals surface area contributed by atoms with Crippen LogP contribution in [-0.4, -0.2) is 48.9 Å². The van der Waals surface area contributed by atoms with Crippen molar-refractivity contribution < 1.29 is 8.42 Å². The summed E-state index contributed by atoms with van der Waals surface area (Å²) in [5.41, 5.74) is 3.06. The zero-order valence-electron chi connectivity index (χ0n) is 13.3. The lowest BCUT2D eigenvalue weighted by Gasteiger charge is -2.35. The van der Waals surface area contributed by atoms with E-state index in [1.165, 1.54) is 11.3 Å². The number of hydrogen-bond acceptors (Lipinski definition) is 5. The minimum atomic E-state index is -3.35. The maximum absolute atomic E-state index is 12.6. The summed E-state index contributed by atoms with van der Waals surface area (Å²) in [6, 6.07) is 9.57. The number of nitrogens with zero attached hydrogens (tertiary/aromatic N) is 3. The fourth-order valence-electron chi connectivity index (χ4n) is 3.05. The second kappa shape index (κ2) is 5.87. The number of sulfonamides is 1. The third-order valence-corrected chi connectivity index (χ3v) is 7.55. The maximum atomic E-state index is 12.6. The highest BCUT2D eigenvalue weighted by atomic mass is 32.2. The summed E-state index contributed by atoms with van der Waals surface area (Å²) in [4.78, 5) is 9.88. The molecule has 3 heterocycles. The molecule has 1 aromatic carbocycles. The highest BCUT2D eigenvalue weighted by Crippen LogP contribution is 2.25. The summed E-state index contributed by atoms with van der Waals surface area (Å²) in [5, 5.41) is 1.80. The van der Waals surface area contributed by atoms with Gasteiger partial charge >= 0.3 is 0 Å². The highest BCUT2D eigenvalue weighted by Gasteiger charge is 2.29. The average molecular weight is 362 g/mol. The number of benzene rings is 1. The Labute approximate surface area is 144 Å². The van der Waals surface area contributed by atoms with Gasteiger partial charge in [-0.05, 0) is 36.6 Å². The van der Waals surface area contributed by atoms with Gasteiger partial charge in [0.25, 0.3) is 10.0 Å². The molecule has 2 aromatic heterocycles. The molecular weight excluding hydrogens is 344 g/mol. The molecule has 0 bridgehead atoms. The minimum absolute atomic E-state index is 0.422. The smallest absolute Gasteiger partial charge is 0.252 e. The second-order valence-electron chi connectivity index (χ2n) is 5.85. The van der Waals surface area contributed by atoms with Crippen LogP contribution in [0, 0.1) is 6.92 Å². The molecule has 1 fully saturated rings. The lowest BCUT2D eigenvalue weighted by Crippen LogP contribution is -2.48. The Kier molecular flexibility index (Phi) is 3.82. The number of H-pyrrole nitrogens is 1. The van der Waals surface area contributed by atoms with Crippen molar-refractivity contribution in [1.29, 1.82) is 0 Å². The number of imidazole rings is 1. The van der Waals surface area contributed by atoms with E-state index in [1.807, 2.05) is 19.1 Å². The quantitative estimate of drug-likeness (QED) is 0.777. The Morgan fingerprint density at radius 1 is 1.17 bits per heavy atom. The van der Waals surface area contributed by atoms with Crippen LogP contribution in [0.25, 0.3) is 11.0 Å². The number of fused-ring (bicyclic) bond motifs is 1. The molecule has 1 aliphatic heterocycles. The van der Waals surface area contributed by atoms with E-state index in [9.17, 15) is 8.42 Å². The van der Waals surface area contributed by atoms with Gasteiger partial charge in [0.1, 0.15) is 10.0 Å². The van der Waals surface area contributed by atoms with Gasteiger partial charge in [-0.1, -0.05) is 6.07 Å². The number of aromatic amines is 1. The first-order valence-electron chi connectivity index (χ1n) is 7.79. The normalized spacial score (nSPS) is 16.8. The van der Waals surface area contributed by atoms with Crippen LogP contribution in [0.15, 0.2) is 39.9 Å². The predicted molar refractivity (Wildman–Crippen MR) is 96.1 cm³/mol. The van der Waals surface area contributed by atoms with E-state index in [0.29, 0.717) is 30.4 Å². The van der Waals surface area contributed by atoms with Gasteiger partial charge in [-0.3, -0.25) is 0 Å². The van der Waals surface area contributed by atoms with Crippen molar-refractivity contribution in [2.45, 2.75) is 11.1 Å². The molecule has 126 valence electrons. The average Bonchev–Trinajstić information content (AvgIpc) is 3.23. The molecule has 0 atom stereocenters. The number of nitrogens with one attached hydrogen (secondary N) is 1. The second-order valence-corrected chi connectivity index (χ2v) is 8.96. The number of aromatic nitrogens is 2. The lowest BCUT2D eigenvalue weighted by atomic mass is 10.2. The maximum Gasteiger partial charge on any atom is 0.252 e. The summed E-state index contributed by atoms with van der Waals surface area (Å²) in [6.07, 6.45) is 0. The standard InChI is InChI=1S/C16H18N4O2S2/c1-12-17-14-5-4-13(11-15(14)18-12)19-6-8-20(9-7-19)24(21,22)16-3-2-10-23-16/h2-5,10-11H,6-9H2,1H3,(H,17,18). The number of rotatable bonds is 3. The molecule has 0 spiro atoms. The van der Waals surface area contributed by atoms with Crippen LogP contribution in [0.4, 0.5) is 5.69 Å². The van der Waals surface area contributed by atoms with Crippen LogP contribution in [0.5, 0.6) is 0 Å². The fourth-order valence-corrected chi connectivity index (χ4v) is 5.61. The van der Waals surface area contributed by atoms with E-state index in [-0.39, 0.29) is 0 Å². The van der Waals surface area contributed by atoms with Crippen molar-refractivity contribution in [3.8, 4) is 0 Å². The first-order chi connectivity index (χ1) is 11.5. The van der Waals surface area contributed by atoms with Gasteiger partial charge in [-0.15, -0.1) is 11.3 Å². The summed E-state index contributed by atoms with van der Waals surface area (Å²) in [6.45, 7) is 4.31. The summed E-state index contributed by atoms with van der Waals surface area (Å²) in [5.74, 6) is 0.897. The topological polar surface area (TPSA) is 69.3 Å². The largest absolute Gasteiger partial charge is 0.369 e. The highest BCUT2D eigenvalue weighted by molar-refractivity contribution is 7.91. The molecule has 1 aliphatic rings. The van der Waals surface area contributed by atoms with E-state index in [4.69, 9.17) is 0 Å². The first-order valence-corrected chi connectivity index (χ1v) is 10.1. The van der Waals surface area contributed by atoms with Crippen molar-refractivity contribution in [3.05, 3.63) is 41.5 Å². The SMILES string of the molecule is Cc1nc2ccc(N3CCN(S(=O)(=O)c4cccs4)CC3)cc2[nH]1. The van der Waals surface area contributed by atoms with E-state index in [2.05, 4.69) is 20.9 Å². The van der Waals surface area contributed by atoms with E-state index in [0.717, 1.165) is 22.5 Å². The monoisotopic (exact) mass is 362 g/mol. The third kappa shape index (κ3) is 2.70. The van der Waals surface area contributed by atoms with E-state index < -0.39 is 10.0 Å². The molecule has 0 aliphatic carbocycles. The van der Waals surface area contributed by atoms with Crippen LogP contribution in [-0.2, 0) is 10.0 Å². The number of aryl methyl sites for hydroxylation is 1. The first kappa shape index (κ1) is 15.6. The number of piperazine rings is 1. The molecule has 4 rings (SSSR count). The van der Waals surface area contributed by atoms with Gasteiger partial charge in [0.15, 0.2) is 0 Å². The summed E-state index contributed by atoms with van der Waals surface area (Å²) < 4.78 is 27.1. The molecular formula is C16H18N4O2S2. The van der Waals surface area contributed by atoms with Gasteiger partial charge in [-0.25, -0.2) is 13.4 Å². The van der Waals surface area contributed by atoms with Crippen LogP contribution >= 0.6 is 11.3 Å². The fraction of sp³-hybridized carbons (Fsp3) is 0.312. The summed E-state index contributed by atoms with van der Waals surface area (Å²) in [7, 11) is -3.35. The van der Waals surface area contributed by atoms with Crippen molar-refractivity contribution in [2.75, 3.05) is 31.1 Å². The molecule has 1 saturated heterocycles. The molecule has 0 amide bonds. The molecule has 0 saturated carbocycles. The predicted octanol–water partition coefficient (Wildman–Crippen LogP) is 2.44. The molecule has 6 nitrogen and oxygen atoms in total. The molecule has 8 heteroatoms. The van der Waals surface area contributed by atoms with E-state index >= 15 is 0 Å². The van der Waals surface area contributed by atoms with Crippen molar-refractivity contribution >= 4 is 38.1 Å². The number of hydrogen-bond donors (Lipinski definition) is 1. The zero-order chi connectivity index (χ0) is 16.7. The number of anilines is 1. The Balaban J connectivity index is 1.51. The Morgan fingerprint density at radius 2 is 1.96 bits per heavy atom. The Hall–Kier alpha value is -1.90.